The van der Waals surface area contributed by atoms with Crippen LogP contribution in [0.5, 0.6) is 0 Å². The lowest BCUT2D eigenvalue weighted by Gasteiger charge is -2.33. The Morgan fingerprint density at radius 1 is 1.67 bits per heavy atom. The molecule has 1 saturated heterocycles. The molecule has 15 heavy (non-hydrogen) atoms. The number of aromatic nitrogens is 1. The monoisotopic (exact) mass is 225 g/mol. The van der Waals surface area contributed by atoms with E-state index in [4.69, 9.17) is 0 Å². The number of hydrogen-bond acceptors (Lipinski definition) is 4. The summed E-state index contributed by atoms with van der Waals surface area (Å²) in [4.78, 5) is 6.88. The van der Waals surface area contributed by atoms with Crippen molar-refractivity contribution < 1.29 is 0 Å². The first kappa shape index (κ1) is 11.0. The van der Waals surface area contributed by atoms with Crippen LogP contribution in [0, 0.1) is 0 Å². The Morgan fingerprint density at radius 2 is 2.60 bits per heavy atom. The fraction of sp³-hybridized carbons (Fsp3) is 0.727. The molecule has 0 amide bonds. The van der Waals surface area contributed by atoms with Gasteiger partial charge in [0.1, 0.15) is 0 Å². The van der Waals surface area contributed by atoms with E-state index >= 15 is 0 Å². The second-order valence-corrected chi connectivity index (χ2v) is 4.76. The van der Waals surface area contributed by atoms with Gasteiger partial charge < -0.3 is 5.32 Å². The Bertz CT molecular complexity index is 267. The zero-order valence-electron chi connectivity index (χ0n) is 9.28. The zero-order valence-corrected chi connectivity index (χ0v) is 10.1. The van der Waals surface area contributed by atoms with E-state index in [9.17, 15) is 0 Å². The maximum absolute atomic E-state index is 4.36. The van der Waals surface area contributed by atoms with Gasteiger partial charge in [0.15, 0.2) is 0 Å². The van der Waals surface area contributed by atoms with Crippen LogP contribution in [0.15, 0.2) is 10.9 Å². The van der Waals surface area contributed by atoms with E-state index in [0.717, 1.165) is 19.6 Å². The molecule has 1 aliphatic heterocycles. The van der Waals surface area contributed by atoms with Gasteiger partial charge in [-0.05, 0) is 25.9 Å². The molecule has 1 atom stereocenters. The molecule has 0 radical (unpaired) electrons. The van der Waals surface area contributed by atoms with Gasteiger partial charge in [0.2, 0.25) is 0 Å². The van der Waals surface area contributed by atoms with Gasteiger partial charge in [0, 0.05) is 24.5 Å². The van der Waals surface area contributed by atoms with Gasteiger partial charge >= 0.3 is 0 Å². The number of nitrogens with zero attached hydrogens (tertiary/aromatic N) is 2. The van der Waals surface area contributed by atoms with Gasteiger partial charge in [0.25, 0.3) is 0 Å². The third kappa shape index (κ3) is 3.00. The number of hydrogen-bond donors (Lipinski definition) is 1. The molecule has 84 valence electrons. The van der Waals surface area contributed by atoms with Gasteiger partial charge in [-0.15, -0.1) is 11.3 Å². The van der Waals surface area contributed by atoms with Crippen LogP contribution >= 0.6 is 11.3 Å². The first-order chi connectivity index (χ1) is 7.40. The molecule has 1 aromatic rings. The van der Waals surface area contributed by atoms with Crippen molar-refractivity contribution in [3.8, 4) is 0 Å². The highest BCUT2D eigenvalue weighted by Gasteiger charge is 2.19. The molecular formula is C11H19N3S. The first-order valence-corrected chi connectivity index (χ1v) is 6.66. The predicted octanol–water partition coefficient (Wildman–Crippen LogP) is 1.72. The molecule has 0 spiro atoms. The number of nitrogens with one attached hydrogen (secondary N) is 1. The standard InChI is InChI=1S/C11H19N3S/c1-2-14(7-10-8-15-9-13-10)11-4-3-5-12-6-11/h8-9,11-12H,2-7H2,1H3. The smallest absolute Gasteiger partial charge is 0.0795 e. The van der Waals surface area contributed by atoms with Gasteiger partial charge in [0.05, 0.1) is 11.2 Å². The third-order valence-corrected chi connectivity index (χ3v) is 3.68. The highest BCUT2D eigenvalue weighted by molar-refractivity contribution is 7.07. The van der Waals surface area contributed by atoms with E-state index in [2.05, 4.69) is 27.5 Å². The second kappa shape index (κ2) is 5.58. The Hall–Kier alpha value is -0.450. The molecule has 0 saturated carbocycles. The maximum Gasteiger partial charge on any atom is 0.0795 e. The van der Waals surface area contributed by atoms with Gasteiger partial charge in [-0.2, -0.15) is 0 Å². The summed E-state index contributed by atoms with van der Waals surface area (Å²) >= 11 is 1.69. The summed E-state index contributed by atoms with van der Waals surface area (Å²) in [5.74, 6) is 0. The zero-order chi connectivity index (χ0) is 10.5. The van der Waals surface area contributed by atoms with Crippen molar-refractivity contribution in [1.29, 1.82) is 0 Å². The summed E-state index contributed by atoms with van der Waals surface area (Å²) in [5.41, 5.74) is 3.13. The van der Waals surface area contributed by atoms with Crippen molar-refractivity contribution >= 4 is 11.3 Å². The minimum atomic E-state index is 0.699. The van der Waals surface area contributed by atoms with Crippen molar-refractivity contribution in [2.75, 3.05) is 19.6 Å². The minimum absolute atomic E-state index is 0.699. The van der Waals surface area contributed by atoms with E-state index in [1.807, 2.05) is 5.51 Å². The minimum Gasteiger partial charge on any atom is -0.315 e. The first-order valence-electron chi connectivity index (χ1n) is 5.72. The lowest BCUT2D eigenvalue weighted by molar-refractivity contribution is 0.164. The van der Waals surface area contributed by atoms with Crippen LogP contribution in [0.3, 0.4) is 0 Å². The van der Waals surface area contributed by atoms with Crippen molar-refractivity contribution in [3.63, 3.8) is 0 Å². The number of thiazole rings is 1. The molecule has 0 aromatic carbocycles. The molecule has 0 aliphatic carbocycles. The Kier molecular flexibility index (Phi) is 4.11. The molecule has 0 bridgehead atoms. The Morgan fingerprint density at radius 3 is 3.20 bits per heavy atom. The topological polar surface area (TPSA) is 28.2 Å². The van der Waals surface area contributed by atoms with Crippen LogP contribution in [0.2, 0.25) is 0 Å². The largest absolute Gasteiger partial charge is 0.315 e. The molecule has 1 aromatic heterocycles. The SMILES string of the molecule is CCN(Cc1cscn1)C1CCCNC1. The fourth-order valence-electron chi connectivity index (χ4n) is 2.17. The van der Waals surface area contributed by atoms with Gasteiger partial charge in [-0.1, -0.05) is 6.92 Å². The summed E-state index contributed by atoms with van der Waals surface area (Å²) in [6.07, 6.45) is 2.63. The lowest BCUT2D eigenvalue weighted by atomic mass is 10.1. The van der Waals surface area contributed by atoms with E-state index in [0.29, 0.717) is 6.04 Å². The van der Waals surface area contributed by atoms with E-state index in [1.54, 1.807) is 11.3 Å². The average molecular weight is 225 g/mol. The van der Waals surface area contributed by atoms with Crippen LogP contribution < -0.4 is 5.32 Å². The van der Waals surface area contributed by atoms with Crippen molar-refractivity contribution in [3.05, 3.63) is 16.6 Å². The molecule has 3 nitrogen and oxygen atoms in total. The van der Waals surface area contributed by atoms with Crippen molar-refractivity contribution in [1.82, 2.24) is 15.2 Å². The highest BCUT2D eigenvalue weighted by atomic mass is 32.1. The molecule has 1 unspecified atom stereocenters. The van der Waals surface area contributed by atoms with Gasteiger partial charge in [-0.3, -0.25) is 4.90 Å². The average Bonchev–Trinajstić information content (AvgIpc) is 2.80. The number of rotatable bonds is 4. The van der Waals surface area contributed by atoms with Crippen LogP contribution in [0.1, 0.15) is 25.5 Å². The molecule has 4 heteroatoms. The number of piperidine rings is 1. The molecule has 1 fully saturated rings. The van der Waals surface area contributed by atoms with Crippen molar-refractivity contribution in [2.45, 2.75) is 32.4 Å². The molecular weight excluding hydrogens is 206 g/mol. The summed E-state index contributed by atoms with van der Waals surface area (Å²) in [7, 11) is 0. The third-order valence-electron chi connectivity index (χ3n) is 3.04. The van der Waals surface area contributed by atoms with Crippen LogP contribution in [0.4, 0.5) is 0 Å². The fourth-order valence-corrected chi connectivity index (χ4v) is 2.72. The van der Waals surface area contributed by atoms with Crippen LogP contribution in [0.25, 0.3) is 0 Å². The molecule has 1 N–H and O–H groups in total. The Labute approximate surface area is 95.5 Å². The van der Waals surface area contributed by atoms with E-state index in [-0.39, 0.29) is 0 Å². The quantitative estimate of drug-likeness (QED) is 0.845. The summed E-state index contributed by atoms with van der Waals surface area (Å²) in [6.45, 7) is 6.68. The predicted molar refractivity (Wildman–Crippen MR) is 64.1 cm³/mol. The second-order valence-electron chi connectivity index (χ2n) is 4.04. The number of likely N-dealkylation sites (N-methyl/N-ethyl adjacent to an activating group) is 1. The molecule has 2 rings (SSSR count). The summed E-state index contributed by atoms with van der Waals surface area (Å²) in [5, 5.41) is 5.62. The van der Waals surface area contributed by atoms with Crippen LogP contribution in [-0.2, 0) is 6.54 Å². The lowest BCUT2D eigenvalue weighted by Crippen LogP contribution is -2.45. The maximum atomic E-state index is 4.36. The Balaban J connectivity index is 1.91. The molecule has 1 aliphatic rings. The summed E-state index contributed by atoms with van der Waals surface area (Å²) in [6, 6.07) is 0.699. The van der Waals surface area contributed by atoms with Crippen LogP contribution in [-0.4, -0.2) is 35.6 Å². The van der Waals surface area contributed by atoms with Gasteiger partial charge in [-0.25, -0.2) is 4.98 Å². The van der Waals surface area contributed by atoms with E-state index in [1.165, 1.54) is 25.1 Å². The summed E-state index contributed by atoms with van der Waals surface area (Å²) < 4.78 is 0. The highest BCUT2D eigenvalue weighted by Crippen LogP contribution is 2.14. The van der Waals surface area contributed by atoms with Crippen molar-refractivity contribution in [2.24, 2.45) is 0 Å². The molecule has 2 heterocycles. The normalized spacial score (nSPS) is 22.1. The van der Waals surface area contributed by atoms with E-state index < -0.39 is 0 Å².